The largest absolute Gasteiger partial charge is 0.497 e. The van der Waals surface area contributed by atoms with Crippen LogP contribution >= 0.6 is 0 Å². The summed E-state index contributed by atoms with van der Waals surface area (Å²) >= 11 is 0. The SMILES string of the molecule is COc1ccc(CCCCN2CCCNCC2)cc1. The van der Waals surface area contributed by atoms with E-state index in [1.165, 1.54) is 57.4 Å². The molecule has 0 bridgehead atoms. The van der Waals surface area contributed by atoms with Crippen molar-refractivity contribution in [3.63, 3.8) is 0 Å². The van der Waals surface area contributed by atoms with Gasteiger partial charge < -0.3 is 15.0 Å². The standard InChI is InChI=1S/C16H26N2O/c1-19-16-8-6-15(7-9-16)5-2-3-12-18-13-4-10-17-11-14-18/h6-9,17H,2-5,10-14H2,1H3. The first kappa shape index (κ1) is 14.4. The van der Waals surface area contributed by atoms with E-state index in [1.807, 2.05) is 0 Å². The lowest BCUT2D eigenvalue weighted by atomic mass is 10.1. The summed E-state index contributed by atoms with van der Waals surface area (Å²) < 4.78 is 5.17. The van der Waals surface area contributed by atoms with Crippen molar-refractivity contribution in [1.29, 1.82) is 0 Å². The molecule has 0 aromatic heterocycles. The summed E-state index contributed by atoms with van der Waals surface area (Å²) in [6, 6.07) is 8.45. The zero-order valence-electron chi connectivity index (χ0n) is 12.0. The first-order valence-corrected chi connectivity index (χ1v) is 7.44. The molecule has 106 valence electrons. The molecule has 0 unspecified atom stereocenters. The molecule has 3 nitrogen and oxygen atoms in total. The number of ether oxygens (including phenoxy) is 1. The van der Waals surface area contributed by atoms with Gasteiger partial charge in [0.2, 0.25) is 0 Å². The van der Waals surface area contributed by atoms with Gasteiger partial charge in [0, 0.05) is 13.1 Å². The lowest BCUT2D eigenvalue weighted by Crippen LogP contribution is -2.29. The van der Waals surface area contributed by atoms with E-state index in [9.17, 15) is 0 Å². The molecule has 0 saturated carbocycles. The molecule has 19 heavy (non-hydrogen) atoms. The van der Waals surface area contributed by atoms with Crippen LogP contribution in [0, 0.1) is 0 Å². The lowest BCUT2D eigenvalue weighted by Gasteiger charge is -2.19. The molecule has 2 rings (SSSR count). The van der Waals surface area contributed by atoms with E-state index < -0.39 is 0 Å². The van der Waals surface area contributed by atoms with E-state index >= 15 is 0 Å². The van der Waals surface area contributed by atoms with Crippen LogP contribution in [-0.2, 0) is 6.42 Å². The van der Waals surface area contributed by atoms with Crippen LogP contribution in [0.3, 0.4) is 0 Å². The van der Waals surface area contributed by atoms with Crippen LogP contribution in [0.15, 0.2) is 24.3 Å². The van der Waals surface area contributed by atoms with E-state index in [0.29, 0.717) is 0 Å². The Balaban J connectivity index is 1.62. The second-order valence-electron chi connectivity index (χ2n) is 5.25. The monoisotopic (exact) mass is 262 g/mol. The van der Waals surface area contributed by atoms with Crippen molar-refractivity contribution in [2.24, 2.45) is 0 Å². The number of unbranched alkanes of at least 4 members (excludes halogenated alkanes) is 1. The summed E-state index contributed by atoms with van der Waals surface area (Å²) in [6.45, 7) is 6.05. The summed E-state index contributed by atoms with van der Waals surface area (Å²) in [6.07, 6.45) is 5.04. The van der Waals surface area contributed by atoms with Crippen molar-refractivity contribution in [3.05, 3.63) is 29.8 Å². The minimum atomic E-state index is 0.945. The van der Waals surface area contributed by atoms with Crippen molar-refractivity contribution in [3.8, 4) is 5.75 Å². The van der Waals surface area contributed by atoms with Crippen LogP contribution in [0.2, 0.25) is 0 Å². The maximum Gasteiger partial charge on any atom is 0.118 e. The van der Waals surface area contributed by atoms with Crippen molar-refractivity contribution < 1.29 is 4.74 Å². The second kappa shape index (κ2) is 8.18. The van der Waals surface area contributed by atoms with Gasteiger partial charge in [-0.2, -0.15) is 0 Å². The zero-order valence-corrected chi connectivity index (χ0v) is 12.0. The topological polar surface area (TPSA) is 24.5 Å². The molecule has 3 heteroatoms. The fourth-order valence-electron chi connectivity index (χ4n) is 2.58. The molecule has 1 N–H and O–H groups in total. The van der Waals surface area contributed by atoms with Gasteiger partial charge in [-0.1, -0.05) is 12.1 Å². The van der Waals surface area contributed by atoms with Gasteiger partial charge in [0.25, 0.3) is 0 Å². The maximum absolute atomic E-state index is 5.17. The van der Waals surface area contributed by atoms with Gasteiger partial charge in [-0.3, -0.25) is 0 Å². The molecule has 0 aliphatic carbocycles. The van der Waals surface area contributed by atoms with E-state index in [2.05, 4.69) is 34.5 Å². The fraction of sp³-hybridized carbons (Fsp3) is 0.625. The number of aryl methyl sites for hydroxylation is 1. The molecule has 1 aromatic rings. The van der Waals surface area contributed by atoms with Crippen LogP contribution in [0.5, 0.6) is 5.75 Å². The summed E-state index contributed by atoms with van der Waals surface area (Å²) in [5.41, 5.74) is 1.42. The first-order valence-electron chi connectivity index (χ1n) is 7.44. The van der Waals surface area contributed by atoms with Gasteiger partial charge in [-0.05, 0) is 63.0 Å². The highest BCUT2D eigenvalue weighted by molar-refractivity contribution is 5.27. The normalized spacial score (nSPS) is 17.1. The number of hydrogen-bond acceptors (Lipinski definition) is 3. The van der Waals surface area contributed by atoms with E-state index in [-0.39, 0.29) is 0 Å². The first-order chi connectivity index (χ1) is 9.38. The predicted molar refractivity (Wildman–Crippen MR) is 79.9 cm³/mol. The molecule has 0 radical (unpaired) electrons. The third-order valence-electron chi connectivity index (χ3n) is 3.78. The Hall–Kier alpha value is -1.06. The second-order valence-corrected chi connectivity index (χ2v) is 5.25. The molecule has 1 aromatic carbocycles. The minimum absolute atomic E-state index is 0.945. The third kappa shape index (κ3) is 5.21. The molecule has 0 spiro atoms. The highest BCUT2D eigenvalue weighted by atomic mass is 16.5. The van der Waals surface area contributed by atoms with Gasteiger partial charge in [0.1, 0.15) is 5.75 Å². The number of nitrogens with zero attached hydrogens (tertiary/aromatic N) is 1. The van der Waals surface area contributed by atoms with Crippen LogP contribution in [-0.4, -0.2) is 44.7 Å². The van der Waals surface area contributed by atoms with Crippen molar-refractivity contribution in [2.75, 3.05) is 39.8 Å². The average molecular weight is 262 g/mol. The van der Waals surface area contributed by atoms with Gasteiger partial charge in [0.15, 0.2) is 0 Å². The fourth-order valence-corrected chi connectivity index (χ4v) is 2.58. The molecule has 1 saturated heterocycles. The summed E-state index contributed by atoms with van der Waals surface area (Å²) in [7, 11) is 1.71. The van der Waals surface area contributed by atoms with Gasteiger partial charge in [-0.25, -0.2) is 0 Å². The van der Waals surface area contributed by atoms with E-state index in [0.717, 1.165) is 12.3 Å². The Morgan fingerprint density at radius 1 is 1.11 bits per heavy atom. The van der Waals surface area contributed by atoms with Gasteiger partial charge >= 0.3 is 0 Å². The molecule has 0 amide bonds. The Labute approximate surface area is 116 Å². The van der Waals surface area contributed by atoms with Gasteiger partial charge in [-0.15, -0.1) is 0 Å². The Morgan fingerprint density at radius 3 is 2.74 bits per heavy atom. The van der Waals surface area contributed by atoms with Crippen molar-refractivity contribution >= 4 is 0 Å². The molecule has 1 aliphatic heterocycles. The summed E-state index contributed by atoms with van der Waals surface area (Å²) in [5, 5.41) is 3.45. The minimum Gasteiger partial charge on any atom is -0.497 e. The number of benzene rings is 1. The molecule has 1 heterocycles. The zero-order chi connectivity index (χ0) is 13.3. The molecule has 0 atom stereocenters. The van der Waals surface area contributed by atoms with Crippen LogP contribution in [0.25, 0.3) is 0 Å². The Kier molecular flexibility index (Phi) is 6.18. The summed E-state index contributed by atoms with van der Waals surface area (Å²) in [5.74, 6) is 0.945. The Bertz CT molecular complexity index is 342. The molecular weight excluding hydrogens is 236 g/mol. The summed E-state index contributed by atoms with van der Waals surface area (Å²) in [4.78, 5) is 2.59. The predicted octanol–water partition coefficient (Wildman–Crippen LogP) is 2.31. The Morgan fingerprint density at radius 2 is 1.95 bits per heavy atom. The third-order valence-corrected chi connectivity index (χ3v) is 3.78. The maximum atomic E-state index is 5.17. The smallest absolute Gasteiger partial charge is 0.118 e. The van der Waals surface area contributed by atoms with Crippen molar-refractivity contribution in [1.82, 2.24) is 10.2 Å². The van der Waals surface area contributed by atoms with Gasteiger partial charge in [0.05, 0.1) is 7.11 Å². The van der Waals surface area contributed by atoms with Crippen LogP contribution in [0.1, 0.15) is 24.8 Å². The van der Waals surface area contributed by atoms with E-state index in [4.69, 9.17) is 4.74 Å². The average Bonchev–Trinajstić information content (AvgIpc) is 2.73. The van der Waals surface area contributed by atoms with Crippen molar-refractivity contribution in [2.45, 2.75) is 25.7 Å². The molecular formula is C16H26N2O. The quantitative estimate of drug-likeness (QED) is 0.796. The van der Waals surface area contributed by atoms with Crippen LogP contribution < -0.4 is 10.1 Å². The molecule has 1 aliphatic rings. The lowest BCUT2D eigenvalue weighted by molar-refractivity contribution is 0.286. The highest BCUT2D eigenvalue weighted by Gasteiger charge is 2.07. The van der Waals surface area contributed by atoms with Crippen LogP contribution in [0.4, 0.5) is 0 Å². The molecule has 1 fully saturated rings. The number of hydrogen-bond donors (Lipinski definition) is 1. The number of nitrogens with one attached hydrogen (secondary N) is 1. The number of rotatable bonds is 6. The highest BCUT2D eigenvalue weighted by Crippen LogP contribution is 2.13. The van der Waals surface area contributed by atoms with E-state index in [1.54, 1.807) is 7.11 Å². The number of methoxy groups -OCH3 is 1.